The molecule has 0 spiro atoms. The van der Waals surface area contributed by atoms with Crippen LogP contribution >= 0.6 is 17.9 Å². The molecule has 1 N–H and O–H groups in total. The van der Waals surface area contributed by atoms with Crippen molar-refractivity contribution < 1.29 is 4.52 Å². The Labute approximate surface area is 119 Å². The first-order valence-electron chi connectivity index (χ1n) is 5.96. The molecule has 1 atom stereocenters. The molecule has 1 aliphatic rings. The predicted molar refractivity (Wildman–Crippen MR) is 82.6 cm³/mol. The molecule has 100 valence electrons. The summed E-state index contributed by atoms with van der Waals surface area (Å²) < 4.78 is 6.14. The van der Waals surface area contributed by atoms with Crippen LogP contribution in [-0.2, 0) is 16.3 Å². The van der Waals surface area contributed by atoms with Crippen molar-refractivity contribution in [3.8, 4) is 0 Å². The first-order valence-corrected chi connectivity index (χ1v) is 9.06. The molecule has 2 rings (SSSR count). The highest BCUT2D eigenvalue weighted by Gasteiger charge is 2.46. The van der Waals surface area contributed by atoms with Gasteiger partial charge in [0.25, 0.3) is 0 Å². The first kappa shape index (κ1) is 14.5. The lowest BCUT2D eigenvalue weighted by Gasteiger charge is -2.49. The van der Waals surface area contributed by atoms with Crippen molar-refractivity contribution in [2.45, 2.75) is 38.5 Å². The van der Waals surface area contributed by atoms with E-state index in [1.165, 1.54) is 0 Å². The van der Waals surface area contributed by atoms with Crippen molar-refractivity contribution in [3.05, 3.63) is 29.3 Å². The van der Waals surface area contributed by atoms with Crippen LogP contribution < -0.4 is 10.6 Å². The summed E-state index contributed by atoms with van der Waals surface area (Å²) in [7, 11) is 0. The van der Waals surface area contributed by atoms with Crippen molar-refractivity contribution in [1.29, 1.82) is 0 Å². The van der Waals surface area contributed by atoms with E-state index in [1.54, 1.807) is 0 Å². The van der Waals surface area contributed by atoms with E-state index in [2.05, 4.69) is 33.0 Å². The van der Waals surface area contributed by atoms with Crippen LogP contribution in [0.3, 0.4) is 0 Å². The van der Waals surface area contributed by atoms with E-state index in [1.807, 2.05) is 24.3 Å². The van der Waals surface area contributed by atoms with Crippen molar-refractivity contribution in [2.75, 3.05) is 6.61 Å². The smallest absolute Gasteiger partial charge is 0.113 e. The van der Waals surface area contributed by atoms with E-state index < -0.39 is 6.26 Å². The molecule has 1 aliphatic heterocycles. The lowest BCUT2D eigenvalue weighted by atomic mass is 10.1. The van der Waals surface area contributed by atoms with Gasteiger partial charge < -0.3 is 4.52 Å². The average Bonchev–Trinajstić information content (AvgIpc) is 2.23. The summed E-state index contributed by atoms with van der Waals surface area (Å²) in [4.78, 5) is 0. The fourth-order valence-electron chi connectivity index (χ4n) is 2.41. The summed E-state index contributed by atoms with van der Waals surface area (Å²) in [6, 6.07) is 7.75. The van der Waals surface area contributed by atoms with Crippen molar-refractivity contribution in [2.24, 2.45) is 0 Å². The zero-order valence-corrected chi connectivity index (χ0v) is 13.6. The molecule has 18 heavy (non-hydrogen) atoms. The monoisotopic (exact) mass is 303 g/mol. The molecule has 0 aromatic heterocycles. The number of hydrogen-bond donors (Lipinski definition) is 1. The molecule has 1 unspecified atom stereocenters. The van der Waals surface area contributed by atoms with Gasteiger partial charge in [-0.15, -0.1) is 0 Å². The van der Waals surface area contributed by atoms with E-state index >= 15 is 0 Å². The molecule has 0 radical (unpaired) electrons. The van der Waals surface area contributed by atoms with Crippen LogP contribution in [0.25, 0.3) is 0 Å². The van der Waals surface area contributed by atoms with Crippen LogP contribution in [-0.4, -0.2) is 17.4 Å². The molecule has 1 heterocycles. The molecule has 1 saturated heterocycles. The van der Waals surface area contributed by atoms with Crippen LogP contribution in [0, 0.1) is 0 Å². The third-order valence-corrected chi connectivity index (χ3v) is 8.72. The lowest BCUT2D eigenvalue weighted by molar-refractivity contribution is 0.165. The maximum Gasteiger partial charge on any atom is 0.113 e. The molecule has 1 fully saturated rings. The zero-order chi connectivity index (χ0) is 13.6. The summed E-state index contributed by atoms with van der Waals surface area (Å²) in [6.45, 7) is 9.13. The van der Waals surface area contributed by atoms with E-state index in [0.29, 0.717) is 11.6 Å². The largest absolute Gasteiger partial charge is 0.343 e. The average molecular weight is 304 g/mol. The van der Waals surface area contributed by atoms with Gasteiger partial charge in [0.15, 0.2) is 0 Å². The van der Waals surface area contributed by atoms with Gasteiger partial charge in [0.2, 0.25) is 0 Å². The minimum absolute atomic E-state index is 0.0512. The summed E-state index contributed by atoms with van der Waals surface area (Å²) in [6.07, 6.45) is -2.14. The number of hydrogen-bond acceptors (Lipinski definition) is 3. The Hall–Kier alpha value is 0.0800. The van der Waals surface area contributed by atoms with Gasteiger partial charge in [-0.25, -0.2) is 0 Å². The Morgan fingerprint density at radius 3 is 2.56 bits per heavy atom. The SMILES string of the molecule is CC1(C)COP(=S)(c2cccc(Cl)c2)C(C)(C)N1. The van der Waals surface area contributed by atoms with E-state index in [4.69, 9.17) is 27.9 Å². The minimum Gasteiger partial charge on any atom is -0.343 e. The molecule has 0 saturated carbocycles. The van der Waals surface area contributed by atoms with Gasteiger partial charge in [0.05, 0.1) is 11.9 Å². The van der Waals surface area contributed by atoms with Crippen molar-refractivity contribution >= 4 is 35.0 Å². The van der Waals surface area contributed by atoms with Crippen LogP contribution in [0.2, 0.25) is 5.02 Å². The van der Waals surface area contributed by atoms with Gasteiger partial charge in [-0.2, -0.15) is 0 Å². The molecular formula is C13H19ClNOPS. The van der Waals surface area contributed by atoms with Gasteiger partial charge in [0.1, 0.15) is 6.26 Å². The van der Waals surface area contributed by atoms with Crippen LogP contribution in [0.4, 0.5) is 0 Å². The molecule has 0 amide bonds. The van der Waals surface area contributed by atoms with Crippen LogP contribution in [0.5, 0.6) is 0 Å². The highest BCUT2D eigenvalue weighted by molar-refractivity contribution is 8.16. The van der Waals surface area contributed by atoms with Crippen LogP contribution in [0.15, 0.2) is 24.3 Å². The second-order valence-electron chi connectivity index (χ2n) is 5.87. The fraction of sp³-hybridized carbons (Fsp3) is 0.538. The number of rotatable bonds is 1. The van der Waals surface area contributed by atoms with Gasteiger partial charge in [-0.1, -0.05) is 35.5 Å². The second-order valence-corrected chi connectivity index (χ2v) is 10.8. The molecule has 5 heteroatoms. The van der Waals surface area contributed by atoms with Crippen molar-refractivity contribution in [3.63, 3.8) is 0 Å². The second kappa shape index (κ2) is 4.57. The van der Waals surface area contributed by atoms with Gasteiger partial charge in [0, 0.05) is 15.9 Å². The lowest BCUT2D eigenvalue weighted by Crippen LogP contribution is -2.59. The number of benzene rings is 1. The third kappa shape index (κ3) is 2.52. The maximum atomic E-state index is 6.14. The zero-order valence-electron chi connectivity index (χ0n) is 11.2. The molecular weight excluding hydrogens is 285 g/mol. The maximum absolute atomic E-state index is 6.14. The Morgan fingerprint density at radius 1 is 1.33 bits per heavy atom. The predicted octanol–water partition coefficient (Wildman–Crippen LogP) is 3.49. The minimum atomic E-state index is -2.14. The van der Waals surface area contributed by atoms with Crippen molar-refractivity contribution in [1.82, 2.24) is 5.32 Å². The van der Waals surface area contributed by atoms with E-state index in [-0.39, 0.29) is 10.8 Å². The number of nitrogens with one attached hydrogen (secondary N) is 1. The van der Waals surface area contributed by atoms with E-state index in [0.717, 1.165) is 5.30 Å². The van der Waals surface area contributed by atoms with Gasteiger partial charge in [-0.3, -0.25) is 5.32 Å². The highest BCUT2D eigenvalue weighted by atomic mass is 35.5. The number of halogens is 1. The Balaban J connectivity index is 2.46. The van der Waals surface area contributed by atoms with Gasteiger partial charge in [-0.05, 0) is 39.8 Å². The topological polar surface area (TPSA) is 21.3 Å². The molecule has 1 aromatic carbocycles. The Kier molecular flexibility index (Phi) is 3.68. The molecule has 0 bridgehead atoms. The summed E-state index contributed by atoms with van der Waals surface area (Å²) in [5, 5.41) is 5.13. The Bertz CT molecular complexity index is 515. The summed E-state index contributed by atoms with van der Waals surface area (Å²) in [5.74, 6) is 0. The third-order valence-electron chi connectivity index (χ3n) is 3.14. The first-order chi connectivity index (χ1) is 8.16. The van der Waals surface area contributed by atoms with E-state index in [9.17, 15) is 0 Å². The standard InChI is InChI=1S/C13H19ClNOPS/c1-12(2)9-16-17(18,13(3,4)15-12)11-7-5-6-10(14)8-11/h5-8,15H,9H2,1-4H3. The normalized spacial score (nSPS) is 30.1. The highest BCUT2D eigenvalue weighted by Crippen LogP contribution is 2.60. The molecule has 1 aromatic rings. The molecule has 2 nitrogen and oxygen atoms in total. The van der Waals surface area contributed by atoms with Gasteiger partial charge >= 0.3 is 0 Å². The van der Waals surface area contributed by atoms with Crippen LogP contribution in [0.1, 0.15) is 27.7 Å². The Morgan fingerprint density at radius 2 is 2.00 bits per heavy atom. The summed E-state index contributed by atoms with van der Waals surface area (Å²) >= 11 is 12.0. The summed E-state index contributed by atoms with van der Waals surface area (Å²) in [5.41, 5.74) is -0.0512. The quantitative estimate of drug-likeness (QED) is 0.803. The fourth-order valence-corrected chi connectivity index (χ4v) is 5.97. The molecule has 0 aliphatic carbocycles.